The number of aryl methyl sites for hydroxylation is 1. The van der Waals surface area contributed by atoms with Crippen LogP contribution in [0.15, 0.2) is 30.7 Å². The lowest BCUT2D eigenvalue weighted by Crippen LogP contribution is -2.68. The minimum atomic E-state index is -1.23. The van der Waals surface area contributed by atoms with Crippen LogP contribution in [-0.4, -0.2) is 37.3 Å². The lowest BCUT2D eigenvalue weighted by Gasteiger charge is -2.64. The number of anilines is 1. The van der Waals surface area contributed by atoms with Crippen molar-refractivity contribution in [3.05, 3.63) is 59.6 Å². The summed E-state index contributed by atoms with van der Waals surface area (Å²) in [6.07, 6.45) is 2.36. The van der Waals surface area contributed by atoms with Crippen molar-refractivity contribution in [2.24, 2.45) is 12.5 Å². The number of amides is 1. The highest BCUT2D eigenvalue weighted by molar-refractivity contribution is 5.98. The molecule has 0 aliphatic heterocycles. The van der Waals surface area contributed by atoms with E-state index in [1.54, 1.807) is 7.05 Å². The van der Waals surface area contributed by atoms with Crippen LogP contribution in [0.25, 0.3) is 11.3 Å². The maximum Gasteiger partial charge on any atom is 0.312 e. The maximum atomic E-state index is 15.0. The van der Waals surface area contributed by atoms with Gasteiger partial charge in [0.15, 0.2) is 5.82 Å². The molecule has 0 aromatic carbocycles. The van der Waals surface area contributed by atoms with Crippen LogP contribution >= 0.6 is 0 Å². The molecule has 0 unspecified atom stereocenters. The number of nitrogens with one attached hydrogen (secondary N) is 1. The van der Waals surface area contributed by atoms with E-state index in [4.69, 9.17) is 4.74 Å². The molecule has 1 amide bonds. The van der Waals surface area contributed by atoms with Crippen molar-refractivity contribution in [1.82, 2.24) is 19.7 Å². The van der Waals surface area contributed by atoms with Crippen LogP contribution < -0.4 is 5.32 Å². The Labute approximate surface area is 202 Å². The first kappa shape index (κ1) is 23.9. The fourth-order valence-corrected chi connectivity index (χ4v) is 4.91. The summed E-state index contributed by atoms with van der Waals surface area (Å²) >= 11 is 0. The van der Waals surface area contributed by atoms with E-state index < -0.39 is 40.7 Å². The van der Waals surface area contributed by atoms with Crippen LogP contribution in [0.1, 0.15) is 43.5 Å². The van der Waals surface area contributed by atoms with Crippen LogP contribution in [0.4, 0.5) is 23.2 Å². The van der Waals surface area contributed by atoms with Crippen molar-refractivity contribution in [2.45, 2.75) is 44.4 Å². The van der Waals surface area contributed by atoms with Gasteiger partial charge in [-0.1, -0.05) is 0 Å². The normalized spacial score (nSPS) is 22.8. The average molecular weight is 503 g/mol. The molecule has 1 N–H and O–H groups in total. The molecule has 188 valence electrons. The van der Waals surface area contributed by atoms with E-state index in [1.165, 1.54) is 24.0 Å². The standard InChI is InChI=1S/C24H21F4N5O3/c1-12(15-3-13(25)6-30-21(15)27)36-19(34)5-18-16(8-31-33(18)2)20-17(26)4-14(7-29-20)32-22(35)23-9-24(28,10-23)11-23/h3-4,6-8,12H,5,9-11H2,1-2H3,(H,32,35)/t12-,23?,24?/m1/s1. The Kier molecular flexibility index (Phi) is 5.56. The predicted octanol–water partition coefficient (Wildman–Crippen LogP) is 3.97. The molecular weight excluding hydrogens is 482 g/mol. The highest BCUT2D eigenvalue weighted by atomic mass is 19.1. The molecule has 8 nitrogen and oxygen atoms in total. The van der Waals surface area contributed by atoms with Gasteiger partial charge in [0.05, 0.1) is 47.4 Å². The summed E-state index contributed by atoms with van der Waals surface area (Å²) in [6.45, 7) is 1.37. The van der Waals surface area contributed by atoms with E-state index in [2.05, 4.69) is 20.4 Å². The van der Waals surface area contributed by atoms with E-state index in [0.29, 0.717) is 6.20 Å². The molecule has 3 aliphatic carbocycles. The summed E-state index contributed by atoms with van der Waals surface area (Å²) in [5.41, 5.74) is -1.66. The van der Waals surface area contributed by atoms with Crippen molar-refractivity contribution < 1.29 is 31.9 Å². The number of rotatable bonds is 7. The summed E-state index contributed by atoms with van der Waals surface area (Å²) < 4.78 is 62.6. The Morgan fingerprint density at radius 3 is 2.53 bits per heavy atom. The van der Waals surface area contributed by atoms with E-state index in [1.807, 2.05) is 0 Å². The average Bonchev–Trinajstić information content (AvgIpc) is 3.12. The van der Waals surface area contributed by atoms with E-state index in [0.717, 1.165) is 12.1 Å². The topological polar surface area (TPSA) is 99.0 Å². The monoisotopic (exact) mass is 503 g/mol. The molecule has 3 aromatic rings. The van der Waals surface area contributed by atoms with Gasteiger partial charge in [0.2, 0.25) is 11.9 Å². The number of alkyl halides is 1. The number of hydrogen-bond acceptors (Lipinski definition) is 6. The summed E-state index contributed by atoms with van der Waals surface area (Å²) in [5, 5.41) is 6.65. The first-order valence-electron chi connectivity index (χ1n) is 11.2. The predicted molar refractivity (Wildman–Crippen MR) is 118 cm³/mol. The number of ether oxygens (including phenoxy) is 1. The highest BCUT2D eigenvalue weighted by Crippen LogP contribution is 2.69. The zero-order valence-corrected chi connectivity index (χ0v) is 19.3. The van der Waals surface area contributed by atoms with Gasteiger partial charge in [-0.15, -0.1) is 0 Å². The second-order valence-corrected chi connectivity index (χ2v) is 9.44. The Bertz CT molecular complexity index is 1370. The lowest BCUT2D eigenvalue weighted by atomic mass is 9.42. The minimum Gasteiger partial charge on any atom is -0.457 e. The van der Waals surface area contributed by atoms with Gasteiger partial charge in [-0.2, -0.15) is 9.49 Å². The largest absolute Gasteiger partial charge is 0.457 e. The van der Waals surface area contributed by atoms with Gasteiger partial charge in [-0.25, -0.2) is 18.2 Å². The molecule has 3 aromatic heterocycles. The van der Waals surface area contributed by atoms with Gasteiger partial charge in [0.25, 0.3) is 0 Å². The number of hydrogen-bond donors (Lipinski definition) is 1. The van der Waals surface area contributed by atoms with E-state index in [-0.39, 0.29) is 59.8 Å². The number of pyridine rings is 2. The summed E-state index contributed by atoms with van der Waals surface area (Å²) in [4.78, 5) is 32.4. The Morgan fingerprint density at radius 2 is 1.86 bits per heavy atom. The smallest absolute Gasteiger partial charge is 0.312 e. The number of halogens is 4. The molecule has 0 spiro atoms. The number of carbonyl (C=O) groups excluding carboxylic acids is 2. The van der Waals surface area contributed by atoms with Crippen LogP contribution in [0.3, 0.4) is 0 Å². The van der Waals surface area contributed by atoms with E-state index in [9.17, 15) is 27.2 Å². The van der Waals surface area contributed by atoms with Gasteiger partial charge in [0, 0.05) is 18.7 Å². The van der Waals surface area contributed by atoms with Crippen molar-refractivity contribution in [3.8, 4) is 11.3 Å². The molecular formula is C24H21F4N5O3. The third-order valence-electron chi connectivity index (χ3n) is 6.75. The molecule has 3 aliphatic rings. The first-order chi connectivity index (χ1) is 17.0. The first-order valence-corrected chi connectivity index (χ1v) is 11.2. The molecule has 3 saturated carbocycles. The van der Waals surface area contributed by atoms with Crippen LogP contribution in [0.5, 0.6) is 0 Å². The summed E-state index contributed by atoms with van der Waals surface area (Å²) in [6, 6.07) is 1.98. The molecule has 2 bridgehead atoms. The van der Waals surface area contributed by atoms with Gasteiger partial charge < -0.3 is 10.1 Å². The highest BCUT2D eigenvalue weighted by Gasteiger charge is 2.72. The van der Waals surface area contributed by atoms with Gasteiger partial charge in [-0.3, -0.25) is 19.3 Å². The van der Waals surface area contributed by atoms with Crippen molar-refractivity contribution in [3.63, 3.8) is 0 Å². The van der Waals surface area contributed by atoms with E-state index >= 15 is 0 Å². The number of esters is 1. The summed E-state index contributed by atoms with van der Waals surface area (Å²) in [5.74, 6) is -3.66. The molecule has 12 heteroatoms. The summed E-state index contributed by atoms with van der Waals surface area (Å²) in [7, 11) is 1.54. The van der Waals surface area contributed by atoms with Crippen molar-refractivity contribution in [2.75, 3.05) is 5.32 Å². The molecule has 0 radical (unpaired) electrons. The second kappa shape index (κ2) is 8.38. The van der Waals surface area contributed by atoms with Gasteiger partial charge in [0.1, 0.15) is 23.3 Å². The van der Waals surface area contributed by atoms with Gasteiger partial charge >= 0.3 is 5.97 Å². The van der Waals surface area contributed by atoms with Crippen molar-refractivity contribution >= 4 is 17.6 Å². The fraction of sp³-hybridized carbons (Fsp3) is 0.375. The molecule has 3 fully saturated rings. The van der Waals surface area contributed by atoms with Crippen LogP contribution in [-0.2, 0) is 27.8 Å². The van der Waals surface area contributed by atoms with Crippen molar-refractivity contribution in [1.29, 1.82) is 0 Å². The third-order valence-corrected chi connectivity index (χ3v) is 6.75. The zero-order valence-electron chi connectivity index (χ0n) is 19.3. The van der Waals surface area contributed by atoms with Crippen LogP contribution in [0.2, 0.25) is 0 Å². The molecule has 3 heterocycles. The number of aromatic nitrogens is 4. The quantitative estimate of drug-likeness (QED) is 0.298. The lowest BCUT2D eigenvalue weighted by molar-refractivity contribution is -0.209. The Balaban J connectivity index is 1.29. The second-order valence-electron chi connectivity index (χ2n) is 9.44. The zero-order chi connectivity index (χ0) is 25.8. The molecule has 6 rings (SSSR count). The SMILES string of the molecule is C[C@@H](OC(=O)Cc1c(-c2ncc(NC(=O)C34CC(F)(C3)C4)cc2F)cnn1C)c1cc(F)cnc1F. The minimum absolute atomic E-state index is 0.106. The molecule has 36 heavy (non-hydrogen) atoms. The third kappa shape index (κ3) is 4.10. The Morgan fingerprint density at radius 1 is 1.14 bits per heavy atom. The molecule has 0 saturated heterocycles. The number of carbonyl (C=O) groups is 2. The Hall–Kier alpha value is -3.83. The fourth-order valence-electron chi connectivity index (χ4n) is 4.91. The van der Waals surface area contributed by atoms with Gasteiger partial charge in [-0.05, 0) is 32.3 Å². The molecule has 1 atom stereocenters. The number of nitrogens with zero attached hydrogens (tertiary/aromatic N) is 4. The van der Waals surface area contributed by atoms with Crippen LogP contribution in [0, 0.1) is 23.0 Å². The maximum absolute atomic E-state index is 15.0.